The molecule has 2 rings (SSSR count). The third kappa shape index (κ3) is 6.04. The van der Waals surface area contributed by atoms with E-state index < -0.39 is 9.96 Å². The fourth-order valence-electron chi connectivity index (χ4n) is 2.01. The van der Waals surface area contributed by atoms with Crippen LogP contribution < -0.4 is 16.0 Å². The average molecular weight is 417 g/mol. The molecule has 0 aliphatic carbocycles. The highest BCUT2D eigenvalue weighted by molar-refractivity contribution is 7.80. The number of hydrogen-bond acceptors (Lipinski definition) is 2. The molecule has 0 radical (unpaired) electrons. The lowest BCUT2D eigenvalue weighted by Gasteiger charge is -2.28. The van der Waals surface area contributed by atoms with Crippen LogP contribution in [0.25, 0.3) is 0 Å². The standard InChI is InChI=1S/C17H16Cl3N3OS/c1-11-7-5-6-10-13(11)21-16(25)23-15(17(18,19)20)22-14(24)12-8-3-2-4-9-12/h2-10,15H,1H3,(H,22,24)(H2,21,23,25). The second-order valence-corrected chi connectivity index (χ2v) is 8.00. The van der Waals surface area contributed by atoms with E-state index in [1.54, 1.807) is 24.3 Å². The summed E-state index contributed by atoms with van der Waals surface area (Å²) in [5.41, 5.74) is 2.27. The number of hydrogen-bond donors (Lipinski definition) is 3. The van der Waals surface area contributed by atoms with Crippen LogP contribution in [0.3, 0.4) is 0 Å². The van der Waals surface area contributed by atoms with E-state index in [9.17, 15) is 4.79 Å². The number of rotatable bonds is 4. The van der Waals surface area contributed by atoms with Gasteiger partial charge in [-0.15, -0.1) is 0 Å². The van der Waals surface area contributed by atoms with E-state index in [2.05, 4.69) is 16.0 Å². The Morgan fingerprint density at radius 1 is 1.00 bits per heavy atom. The first-order valence-corrected chi connectivity index (χ1v) is 8.87. The van der Waals surface area contributed by atoms with Gasteiger partial charge in [-0.2, -0.15) is 0 Å². The topological polar surface area (TPSA) is 53.2 Å². The Morgan fingerprint density at radius 3 is 2.20 bits per heavy atom. The highest BCUT2D eigenvalue weighted by atomic mass is 35.6. The molecule has 132 valence electrons. The summed E-state index contributed by atoms with van der Waals surface area (Å²) in [6.45, 7) is 1.94. The summed E-state index contributed by atoms with van der Waals surface area (Å²) >= 11 is 23.2. The Hall–Kier alpha value is -1.53. The minimum atomic E-state index is -1.80. The van der Waals surface area contributed by atoms with Crippen LogP contribution in [-0.2, 0) is 0 Å². The zero-order valence-electron chi connectivity index (χ0n) is 13.2. The number of para-hydroxylation sites is 1. The molecule has 3 N–H and O–H groups in total. The second kappa shape index (κ2) is 8.72. The van der Waals surface area contributed by atoms with E-state index in [1.807, 2.05) is 37.3 Å². The maximum atomic E-state index is 12.3. The van der Waals surface area contributed by atoms with Crippen molar-refractivity contribution in [1.29, 1.82) is 0 Å². The number of aryl methyl sites for hydroxylation is 1. The number of nitrogens with one attached hydrogen (secondary N) is 3. The molecule has 0 saturated heterocycles. The third-order valence-electron chi connectivity index (χ3n) is 3.31. The van der Waals surface area contributed by atoms with Gasteiger partial charge in [-0.05, 0) is 42.9 Å². The van der Waals surface area contributed by atoms with Gasteiger partial charge >= 0.3 is 0 Å². The predicted molar refractivity (Wildman–Crippen MR) is 109 cm³/mol. The van der Waals surface area contributed by atoms with Crippen molar-refractivity contribution in [2.24, 2.45) is 0 Å². The Kier molecular flexibility index (Phi) is 6.90. The van der Waals surface area contributed by atoms with Gasteiger partial charge in [0.25, 0.3) is 5.91 Å². The Bertz CT molecular complexity index is 750. The van der Waals surface area contributed by atoms with Crippen molar-refractivity contribution in [3.8, 4) is 0 Å². The first-order chi connectivity index (χ1) is 11.8. The van der Waals surface area contributed by atoms with Crippen LogP contribution in [-0.4, -0.2) is 21.0 Å². The number of carbonyl (C=O) groups excluding carboxylic acids is 1. The summed E-state index contributed by atoms with van der Waals surface area (Å²) in [6.07, 6.45) is -1.02. The van der Waals surface area contributed by atoms with Crippen LogP contribution >= 0.6 is 47.0 Å². The molecular weight excluding hydrogens is 401 g/mol. The number of halogens is 3. The highest BCUT2D eigenvalue weighted by Crippen LogP contribution is 2.29. The number of carbonyl (C=O) groups is 1. The number of benzene rings is 2. The molecule has 0 fully saturated rings. The fourth-order valence-corrected chi connectivity index (χ4v) is 2.56. The number of alkyl halides is 3. The maximum absolute atomic E-state index is 12.3. The van der Waals surface area contributed by atoms with Gasteiger partial charge in [-0.3, -0.25) is 4.79 Å². The monoisotopic (exact) mass is 415 g/mol. The lowest BCUT2D eigenvalue weighted by atomic mass is 10.2. The van der Waals surface area contributed by atoms with Crippen molar-refractivity contribution in [2.75, 3.05) is 5.32 Å². The van der Waals surface area contributed by atoms with Gasteiger partial charge in [0.1, 0.15) is 6.17 Å². The molecule has 4 nitrogen and oxygen atoms in total. The number of anilines is 1. The number of thiocarbonyl (C=S) groups is 1. The average Bonchev–Trinajstić information content (AvgIpc) is 2.56. The zero-order chi connectivity index (χ0) is 18.4. The Morgan fingerprint density at radius 2 is 1.60 bits per heavy atom. The lowest BCUT2D eigenvalue weighted by Crippen LogP contribution is -2.56. The van der Waals surface area contributed by atoms with Gasteiger partial charge in [-0.25, -0.2) is 0 Å². The molecule has 1 unspecified atom stereocenters. The van der Waals surface area contributed by atoms with E-state index in [0.29, 0.717) is 5.56 Å². The van der Waals surface area contributed by atoms with E-state index in [1.165, 1.54) is 0 Å². The SMILES string of the molecule is Cc1ccccc1NC(=S)NC(NC(=O)c1ccccc1)C(Cl)(Cl)Cl. The molecule has 1 atom stereocenters. The predicted octanol–water partition coefficient (Wildman–Crippen LogP) is 4.41. The molecule has 0 spiro atoms. The van der Waals surface area contributed by atoms with E-state index in [0.717, 1.165) is 11.3 Å². The zero-order valence-corrected chi connectivity index (χ0v) is 16.3. The van der Waals surface area contributed by atoms with E-state index >= 15 is 0 Å². The summed E-state index contributed by atoms with van der Waals surface area (Å²) in [5, 5.41) is 8.70. The fraction of sp³-hybridized carbons (Fsp3) is 0.176. The highest BCUT2D eigenvalue weighted by Gasteiger charge is 2.34. The van der Waals surface area contributed by atoms with Crippen molar-refractivity contribution in [1.82, 2.24) is 10.6 Å². The van der Waals surface area contributed by atoms with Gasteiger partial charge < -0.3 is 16.0 Å². The van der Waals surface area contributed by atoms with Gasteiger partial charge in [-0.1, -0.05) is 71.2 Å². The molecule has 2 aromatic carbocycles. The summed E-state index contributed by atoms with van der Waals surface area (Å²) in [4.78, 5) is 12.3. The van der Waals surface area contributed by atoms with Crippen LogP contribution in [0.5, 0.6) is 0 Å². The van der Waals surface area contributed by atoms with Crippen molar-refractivity contribution in [3.05, 3.63) is 65.7 Å². The minimum Gasteiger partial charge on any atom is -0.339 e. The molecule has 0 saturated carbocycles. The summed E-state index contributed by atoms with van der Waals surface area (Å²) in [6, 6.07) is 16.2. The molecule has 25 heavy (non-hydrogen) atoms. The Labute approximate surface area is 166 Å². The quantitative estimate of drug-likeness (QED) is 0.393. The van der Waals surface area contributed by atoms with Crippen molar-refractivity contribution in [2.45, 2.75) is 16.9 Å². The molecule has 0 aliphatic heterocycles. The van der Waals surface area contributed by atoms with Crippen LogP contribution in [0.15, 0.2) is 54.6 Å². The van der Waals surface area contributed by atoms with Crippen molar-refractivity contribution >= 4 is 63.7 Å². The minimum absolute atomic E-state index is 0.221. The van der Waals surface area contributed by atoms with E-state index in [-0.39, 0.29) is 11.0 Å². The summed E-state index contributed by atoms with van der Waals surface area (Å²) < 4.78 is -1.80. The molecule has 2 aromatic rings. The van der Waals surface area contributed by atoms with Crippen molar-refractivity contribution in [3.63, 3.8) is 0 Å². The second-order valence-electron chi connectivity index (χ2n) is 5.23. The molecule has 0 heterocycles. The van der Waals surface area contributed by atoms with Crippen LogP contribution in [0.1, 0.15) is 15.9 Å². The first kappa shape index (κ1) is 19.8. The smallest absolute Gasteiger partial charge is 0.252 e. The third-order valence-corrected chi connectivity index (χ3v) is 4.18. The van der Waals surface area contributed by atoms with E-state index in [4.69, 9.17) is 47.0 Å². The largest absolute Gasteiger partial charge is 0.339 e. The van der Waals surface area contributed by atoms with Crippen LogP contribution in [0.2, 0.25) is 0 Å². The molecule has 8 heteroatoms. The molecule has 0 bridgehead atoms. The summed E-state index contributed by atoms with van der Waals surface area (Å²) in [7, 11) is 0. The first-order valence-electron chi connectivity index (χ1n) is 7.33. The molecular formula is C17H16Cl3N3OS. The summed E-state index contributed by atoms with van der Waals surface area (Å²) in [5.74, 6) is -0.386. The maximum Gasteiger partial charge on any atom is 0.252 e. The van der Waals surface area contributed by atoms with Gasteiger partial charge in [0.15, 0.2) is 5.11 Å². The lowest BCUT2D eigenvalue weighted by molar-refractivity contribution is 0.0934. The number of amides is 1. The van der Waals surface area contributed by atoms with Gasteiger partial charge in [0, 0.05) is 11.3 Å². The normalized spacial score (nSPS) is 12.2. The molecule has 0 aliphatic rings. The Balaban J connectivity index is 2.06. The molecule has 1 amide bonds. The van der Waals surface area contributed by atoms with Gasteiger partial charge in [0.2, 0.25) is 3.79 Å². The van der Waals surface area contributed by atoms with Crippen molar-refractivity contribution < 1.29 is 4.79 Å². The van der Waals surface area contributed by atoms with Gasteiger partial charge in [0.05, 0.1) is 0 Å². The van der Waals surface area contributed by atoms with Crippen LogP contribution in [0, 0.1) is 6.92 Å². The molecule has 0 aromatic heterocycles. The van der Waals surface area contributed by atoms with Crippen LogP contribution in [0.4, 0.5) is 5.69 Å².